The number of hydrogen-bond donors (Lipinski definition) is 1. The highest BCUT2D eigenvalue weighted by Crippen LogP contribution is 2.28. The zero-order chi connectivity index (χ0) is 16.2. The van der Waals surface area contributed by atoms with Crippen molar-refractivity contribution in [2.45, 2.75) is 19.0 Å². The molecule has 3 rings (SSSR count). The molecule has 1 aliphatic rings. The summed E-state index contributed by atoms with van der Waals surface area (Å²) in [6, 6.07) is 16.6. The number of fused-ring (bicyclic) bond motifs is 1. The van der Waals surface area contributed by atoms with Crippen LogP contribution in [0.5, 0.6) is 5.75 Å². The first kappa shape index (κ1) is 14.9. The van der Waals surface area contributed by atoms with Crippen LogP contribution in [0, 0.1) is 11.3 Å². The maximum atomic E-state index is 11.7. The first-order valence-corrected chi connectivity index (χ1v) is 7.36. The maximum absolute atomic E-state index is 11.7. The predicted molar refractivity (Wildman–Crippen MR) is 84.2 cm³/mol. The zero-order valence-electron chi connectivity index (χ0n) is 12.5. The molecular formula is C18H16N2O3. The fourth-order valence-corrected chi connectivity index (χ4v) is 2.78. The first-order chi connectivity index (χ1) is 11.2. The molecule has 2 aromatic rings. The van der Waals surface area contributed by atoms with Crippen LogP contribution >= 0.6 is 0 Å². The van der Waals surface area contributed by atoms with Crippen molar-refractivity contribution in [1.82, 2.24) is 4.90 Å². The van der Waals surface area contributed by atoms with Crippen LogP contribution in [-0.2, 0) is 13.0 Å². The molecule has 1 amide bonds. The van der Waals surface area contributed by atoms with Crippen molar-refractivity contribution in [1.29, 1.82) is 5.26 Å². The summed E-state index contributed by atoms with van der Waals surface area (Å²) in [7, 11) is 0. The minimum Gasteiger partial charge on any atom is -0.491 e. The van der Waals surface area contributed by atoms with E-state index in [0.717, 1.165) is 16.9 Å². The molecule has 1 aliphatic heterocycles. The Kier molecular flexibility index (Phi) is 4.15. The molecule has 116 valence electrons. The van der Waals surface area contributed by atoms with Gasteiger partial charge in [-0.15, -0.1) is 0 Å². The van der Waals surface area contributed by atoms with E-state index in [1.807, 2.05) is 30.3 Å². The van der Waals surface area contributed by atoms with Crippen molar-refractivity contribution in [2.75, 3.05) is 6.61 Å². The average Bonchev–Trinajstić information content (AvgIpc) is 2.59. The van der Waals surface area contributed by atoms with Crippen LogP contribution in [0.25, 0.3) is 0 Å². The van der Waals surface area contributed by atoms with E-state index < -0.39 is 6.09 Å². The summed E-state index contributed by atoms with van der Waals surface area (Å²) in [5, 5.41) is 18.6. The third-order valence-corrected chi connectivity index (χ3v) is 3.96. The van der Waals surface area contributed by atoms with Crippen molar-refractivity contribution < 1.29 is 14.6 Å². The Morgan fingerprint density at radius 3 is 2.78 bits per heavy atom. The summed E-state index contributed by atoms with van der Waals surface area (Å²) in [4.78, 5) is 13.1. The van der Waals surface area contributed by atoms with Gasteiger partial charge < -0.3 is 9.84 Å². The van der Waals surface area contributed by atoms with Crippen molar-refractivity contribution in [2.24, 2.45) is 0 Å². The van der Waals surface area contributed by atoms with Gasteiger partial charge in [-0.1, -0.05) is 30.3 Å². The fraction of sp³-hybridized carbons (Fsp3) is 0.222. The molecule has 2 aromatic carbocycles. The molecule has 23 heavy (non-hydrogen) atoms. The smallest absolute Gasteiger partial charge is 0.407 e. The van der Waals surface area contributed by atoms with Gasteiger partial charge in [0, 0.05) is 6.54 Å². The van der Waals surface area contributed by atoms with Crippen molar-refractivity contribution in [3.05, 3.63) is 65.2 Å². The standard InChI is InChI=1S/C18H16N2O3/c19-10-14-6-7-17-15(8-14)9-16(12-23-17)20(18(21)22)11-13-4-2-1-3-5-13/h1-8,16H,9,11-12H2,(H,21,22). The highest BCUT2D eigenvalue weighted by atomic mass is 16.5. The highest BCUT2D eigenvalue weighted by molar-refractivity contribution is 5.65. The van der Waals surface area contributed by atoms with E-state index in [0.29, 0.717) is 25.1 Å². The van der Waals surface area contributed by atoms with Gasteiger partial charge in [-0.25, -0.2) is 4.79 Å². The van der Waals surface area contributed by atoms with Crippen molar-refractivity contribution >= 4 is 6.09 Å². The molecule has 1 unspecified atom stereocenters. The van der Waals surface area contributed by atoms with Crippen LogP contribution in [0.15, 0.2) is 48.5 Å². The topological polar surface area (TPSA) is 73.6 Å². The molecule has 1 N–H and O–H groups in total. The molecule has 0 saturated carbocycles. The number of amides is 1. The summed E-state index contributed by atoms with van der Waals surface area (Å²) < 4.78 is 5.69. The zero-order valence-corrected chi connectivity index (χ0v) is 12.5. The molecule has 1 heterocycles. The quantitative estimate of drug-likeness (QED) is 0.945. The lowest BCUT2D eigenvalue weighted by atomic mass is 9.99. The number of benzene rings is 2. The van der Waals surface area contributed by atoms with Gasteiger partial charge in [-0.3, -0.25) is 4.90 Å². The number of rotatable bonds is 3. The van der Waals surface area contributed by atoms with Gasteiger partial charge in [0.25, 0.3) is 0 Å². The van der Waals surface area contributed by atoms with E-state index in [2.05, 4.69) is 6.07 Å². The Morgan fingerprint density at radius 2 is 2.09 bits per heavy atom. The highest BCUT2D eigenvalue weighted by Gasteiger charge is 2.29. The molecule has 0 aliphatic carbocycles. The second-order valence-corrected chi connectivity index (χ2v) is 5.50. The van der Waals surface area contributed by atoms with Crippen LogP contribution in [0.1, 0.15) is 16.7 Å². The number of carboxylic acid groups (broad SMARTS) is 1. The monoisotopic (exact) mass is 308 g/mol. The second-order valence-electron chi connectivity index (χ2n) is 5.50. The lowest BCUT2D eigenvalue weighted by Crippen LogP contribution is -2.45. The lowest BCUT2D eigenvalue weighted by Gasteiger charge is -2.33. The molecule has 0 saturated heterocycles. The molecule has 5 heteroatoms. The molecule has 0 spiro atoms. The van der Waals surface area contributed by atoms with Gasteiger partial charge in [-0.05, 0) is 35.7 Å². The summed E-state index contributed by atoms with van der Waals surface area (Å²) in [6.45, 7) is 0.634. The van der Waals surface area contributed by atoms with Gasteiger partial charge in [-0.2, -0.15) is 5.26 Å². The Balaban J connectivity index is 1.81. The van der Waals surface area contributed by atoms with Crippen LogP contribution in [0.3, 0.4) is 0 Å². The third-order valence-electron chi connectivity index (χ3n) is 3.96. The molecule has 0 aromatic heterocycles. The Hall–Kier alpha value is -3.00. The minimum atomic E-state index is -0.970. The van der Waals surface area contributed by atoms with Crippen LogP contribution in [-0.4, -0.2) is 28.7 Å². The predicted octanol–water partition coefficient (Wildman–Crippen LogP) is 3.04. The molecule has 0 bridgehead atoms. The molecule has 1 atom stereocenters. The normalized spacial score (nSPS) is 15.9. The van der Waals surface area contributed by atoms with Crippen molar-refractivity contribution in [3.63, 3.8) is 0 Å². The number of ether oxygens (including phenoxy) is 1. The number of carbonyl (C=O) groups is 1. The number of hydrogen-bond acceptors (Lipinski definition) is 3. The van der Waals surface area contributed by atoms with E-state index in [1.165, 1.54) is 4.90 Å². The second kappa shape index (κ2) is 6.41. The molecule has 0 fully saturated rings. The van der Waals surface area contributed by atoms with E-state index in [4.69, 9.17) is 10.00 Å². The summed E-state index contributed by atoms with van der Waals surface area (Å²) in [5.74, 6) is 0.727. The van der Waals surface area contributed by atoms with Gasteiger partial charge in [0.1, 0.15) is 12.4 Å². The first-order valence-electron chi connectivity index (χ1n) is 7.36. The van der Waals surface area contributed by atoms with E-state index in [1.54, 1.807) is 18.2 Å². The van der Waals surface area contributed by atoms with Gasteiger partial charge in [0.05, 0.1) is 17.7 Å². The lowest BCUT2D eigenvalue weighted by molar-refractivity contribution is 0.0916. The van der Waals surface area contributed by atoms with Gasteiger partial charge >= 0.3 is 6.09 Å². The Labute approximate surface area is 134 Å². The van der Waals surface area contributed by atoms with Crippen LogP contribution < -0.4 is 4.74 Å². The number of nitriles is 1. The largest absolute Gasteiger partial charge is 0.491 e. The van der Waals surface area contributed by atoms with E-state index in [-0.39, 0.29) is 6.04 Å². The van der Waals surface area contributed by atoms with Crippen LogP contribution in [0.2, 0.25) is 0 Å². The van der Waals surface area contributed by atoms with E-state index in [9.17, 15) is 9.90 Å². The molecular weight excluding hydrogens is 292 g/mol. The molecule has 0 radical (unpaired) electrons. The maximum Gasteiger partial charge on any atom is 0.407 e. The summed E-state index contributed by atoms with van der Waals surface area (Å²) >= 11 is 0. The molecule has 5 nitrogen and oxygen atoms in total. The van der Waals surface area contributed by atoms with Gasteiger partial charge in [0.2, 0.25) is 0 Å². The fourth-order valence-electron chi connectivity index (χ4n) is 2.78. The number of nitrogens with zero attached hydrogens (tertiary/aromatic N) is 2. The summed E-state index contributed by atoms with van der Waals surface area (Å²) in [5.41, 5.74) is 2.36. The third kappa shape index (κ3) is 3.27. The minimum absolute atomic E-state index is 0.269. The van der Waals surface area contributed by atoms with Crippen LogP contribution in [0.4, 0.5) is 4.79 Å². The summed E-state index contributed by atoms with van der Waals surface area (Å²) in [6.07, 6.45) is -0.424. The Bertz CT molecular complexity index is 753. The van der Waals surface area contributed by atoms with Crippen molar-refractivity contribution in [3.8, 4) is 11.8 Å². The average molecular weight is 308 g/mol. The van der Waals surface area contributed by atoms with E-state index >= 15 is 0 Å². The van der Waals surface area contributed by atoms with Gasteiger partial charge in [0.15, 0.2) is 0 Å². The SMILES string of the molecule is N#Cc1ccc2c(c1)CC(N(Cc1ccccc1)C(=O)O)CO2. The Morgan fingerprint density at radius 1 is 1.30 bits per heavy atom.